The van der Waals surface area contributed by atoms with Gasteiger partial charge in [0.2, 0.25) is 0 Å². The van der Waals surface area contributed by atoms with E-state index in [1.54, 1.807) is 19.1 Å². The minimum absolute atomic E-state index is 0.0753. The van der Waals surface area contributed by atoms with Crippen molar-refractivity contribution in [2.75, 3.05) is 0 Å². The van der Waals surface area contributed by atoms with Gasteiger partial charge in [-0.15, -0.1) is 0 Å². The van der Waals surface area contributed by atoms with Crippen LogP contribution >= 0.6 is 0 Å². The summed E-state index contributed by atoms with van der Waals surface area (Å²) < 4.78 is 10.1. The SMILES string of the molecule is CC[C@H](OC(N)=O)C(=O)c1nc2ccc(C)cc2o1. The third-order valence-corrected chi connectivity index (χ3v) is 2.68. The molecule has 19 heavy (non-hydrogen) atoms. The standard InChI is InChI=1S/C13H14N2O4/c1-3-9(19-13(14)17)11(16)12-15-8-5-4-7(2)6-10(8)18-12/h4-6,9H,3H2,1-2H3,(H2,14,17)/t9-/m0/s1. The van der Waals surface area contributed by atoms with Gasteiger partial charge in [0.1, 0.15) is 5.52 Å². The second-order valence-electron chi connectivity index (χ2n) is 4.19. The zero-order valence-electron chi connectivity index (χ0n) is 10.7. The van der Waals surface area contributed by atoms with Gasteiger partial charge in [-0.25, -0.2) is 9.78 Å². The molecule has 0 aliphatic rings. The minimum Gasteiger partial charge on any atom is -0.438 e. The van der Waals surface area contributed by atoms with Crippen molar-refractivity contribution in [2.24, 2.45) is 5.73 Å². The number of fused-ring (bicyclic) bond motifs is 1. The summed E-state index contributed by atoms with van der Waals surface area (Å²) in [5, 5.41) is 0. The van der Waals surface area contributed by atoms with E-state index in [4.69, 9.17) is 14.9 Å². The van der Waals surface area contributed by atoms with Gasteiger partial charge in [-0.2, -0.15) is 0 Å². The van der Waals surface area contributed by atoms with Gasteiger partial charge < -0.3 is 14.9 Å². The molecule has 0 aliphatic carbocycles. The molecule has 1 aromatic carbocycles. The summed E-state index contributed by atoms with van der Waals surface area (Å²) in [6, 6.07) is 5.42. The van der Waals surface area contributed by atoms with Crippen molar-refractivity contribution >= 4 is 23.0 Å². The number of ether oxygens (including phenoxy) is 1. The van der Waals surface area contributed by atoms with Crippen molar-refractivity contribution in [3.63, 3.8) is 0 Å². The molecule has 0 unspecified atom stereocenters. The number of carbonyl (C=O) groups is 2. The van der Waals surface area contributed by atoms with Crippen molar-refractivity contribution in [1.82, 2.24) is 4.98 Å². The van der Waals surface area contributed by atoms with Crippen LogP contribution in [0.4, 0.5) is 4.79 Å². The number of nitrogens with zero attached hydrogens (tertiary/aromatic N) is 1. The molecule has 100 valence electrons. The number of aryl methyl sites for hydroxylation is 1. The molecule has 1 amide bonds. The molecule has 0 radical (unpaired) electrons. The Hall–Kier alpha value is -2.37. The zero-order chi connectivity index (χ0) is 14.0. The molecule has 0 bridgehead atoms. The maximum absolute atomic E-state index is 12.1. The Kier molecular flexibility index (Phi) is 3.50. The second-order valence-corrected chi connectivity index (χ2v) is 4.19. The molecule has 0 aliphatic heterocycles. The molecule has 2 rings (SSSR count). The van der Waals surface area contributed by atoms with Crippen molar-refractivity contribution in [2.45, 2.75) is 26.4 Å². The van der Waals surface area contributed by atoms with E-state index in [0.29, 0.717) is 17.5 Å². The molecule has 0 spiro atoms. The topological polar surface area (TPSA) is 95.4 Å². The number of ketones is 1. The lowest BCUT2D eigenvalue weighted by molar-refractivity contribution is 0.0616. The summed E-state index contributed by atoms with van der Waals surface area (Å²) in [7, 11) is 0. The zero-order valence-corrected chi connectivity index (χ0v) is 10.7. The van der Waals surface area contributed by atoms with Gasteiger partial charge in [0, 0.05) is 0 Å². The van der Waals surface area contributed by atoms with Gasteiger partial charge in [0.25, 0.3) is 11.7 Å². The fourth-order valence-corrected chi connectivity index (χ4v) is 1.74. The number of amides is 1. The Morgan fingerprint density at radius 2 is 2.21 bits per heavy atom. The van der Waals surface area contributed by atoms with Gasteiger partial charge >= 0.3 is 6.09 Å². The van der Waals surface area contributed by atoms with Gasteiger partial charge in [0.05, 0.1) is 0 Å². The van der Waals surface area contributed by atoms with Crippen molar-refractivity contribution in [3.8, 4) is 0 Å². The summed E-state index contributed by atoms with van der Waals surface area (Å²) in [5.41, 5.74) is 7.03. The molecule has 1 atom stereocenters. The first-order valence-electron chi connectivity index (χ1n) is 5.88. The fourth-order valence-electron chi connectivity index (χ4n) is 1.74. The van der Waals surface area contributed by atoms with E-state index >= 15 is 0 Å². The molecule has 6 nitrogen and oxygen atoms in total. The van der Waals surface area contributed by atoms with Crippen molar-refractivity contribution < 1.29 is 18.7 Å². The largest absolute Gasteiger partial charge is 0.438 e. The molecule has 0 saturated heterocycles. The average Bonchev–Trinajstić information content (AvgIpc) is 2.77. The Balaban J connectivity index is 2.32. The Labute approximate surface area is 109 Å². The van der Waals surface area contributed by atoms with E-state index in [1.165, 1.54) is 0 Å². The van der Waals surface area contributed by atoms with Crippen LogP contribution in [0, 0.1) is 6.92 Å². The van der Waals surface area contributed by atoms with Crippen LogP contribution in [0.1, 0.15) is 29.6 Å². The van der Waals surface area contributed by atoms with E-state index in [-0.39, 0.29) is 5.89 Å². The minimum atomic E-state index is -0.993. The third kappa shape index (κ3) is 2.73. The highest BCUT2D eigenvalue weighted by molar-refractivity contribution is 5.98. The second kappa shape index (κ2) is 5.09. The number of Topliss-reactive ketones (excluding diaryl/α,β-unsaturated/α-hetero) is 1. The van der Waals surface area contributed by atoms with Gasteiger partial charge in [0.15, 0.2) is 11.7 Å². The third-order valence-electron chi connectivity index (χ3n) is 2.68. The van der Waals surface area contributed by atoms with E-state index in [2.05, 4.69) is 4.98 Å². The summed E-state index contributed by atoms with van der Waals surface area (Å²) in [4.78, 5) is 26.9. The van der Waals surface area contributed by atoms with Crippen LogP contribution in [0.3, 0.4) is 0 Å². The molecule has 1 heterocycles. The summed E-state index contributed by atoms with van der Waals surface area (Å²) in [6.45, 7) is 3.62. The van der Waals surface area contributed by atoms with Crippen LogP contribution in [0.2, 0.25) is 0 Å². The average molecular weight is 262 g/mol. The maximum atomic E-state index is 12.1. The molecule has 2 aromatic rings. The van der Waals surface area contributed by atoms with Crippen LogP contribution in [0.15, 0.2) is 22.6 Å². The first-order chi connectivity index (χ1) is 9.01. The number of carbonyl (C=O) groups excluding carboxylic acids is 2. The van der Waals surface area contributed by atoms with Crippen molar-refractivity contribution in [1.29, 1.82) is 0 Å². The lowest BCUT2D eigenvalue weighted by Gasteiger charge is -2.10. The van der Waals surface area contributed by atoms with Crippen LogP contribution in [0.25, 0.3) is 11.1 Å². The molecular weight excluding hydrogens is 248 g/mol. The quantitative estimate of drug-likeness (QED) is 0.852. The van der Waals surface area contributed by atoms with E-state index in [1.807, 2.05) is 13.0 Å². The highest BCUT2D eigenvalue weighted by Gasteiger charge is 2.26. The first kappa shape index (κ1) is 13.1. The number of nitrogens with two attached hydrogens (primary N) is 1. The Bertz CT molecular complexity index is 633. The smallest absolute Gasteiger partial charge is 0.405 e. The predicted octanol–water partition coefficient (Wildman–Crippen LogP) is 2.19. The number of rotatable bonds is 4. The van der Waals surface area contributed by atoms with Crippen LogP contribution in [-0.4, -0.2) is 23.0 Å². The number of aromatic nitrogens is 1. The van der Waals surface area contributed by atoms with E-state index in [9.17, 15) is 9.59 Å². The highest BCUT2D eigenvalue weighted by atomic mass is 16.6. The Morgan fingerprint density at radius 1 is 1.47 bits per heavy atom. The number of primary amides is 1. The molecule has 1 aromatic heterocycles. The molecule has 2 N–H and O–H groups in total. The highest BCUT2D eigenvalue weighted by Crippen LogP contribution is 2.19. The van der Waals surface area contributed by atoms with Gasteiger partial charge in [-0.1, -0.05) is 13.0 Å². The monoisotopic (exact) mass is 262 g/mol. The van der Waals surface area contributed by atoms with E-state index < -0.39 is 18.0 Å². The van der Waals surface area contributed by atoms with Crippen LogP contribution < -0.4 is 5.73 Å². The molecule has 0 fully saturated rings. The molecule has 0 saturated carbocycles. The number of hydrogen-bond donors (Lipinski definition) is 1. The lowest BCUT2D eigenvalue weighted by atomic mass is 10.2. The van der Waals surface area contributed by atoms with Gasteiger partial charge in [-0.05, 0) is 31.0 Å². The van der Waals surface area contributed by atoms with Crippen LogP contribution in [0.5, 0.6) is 0 Å². The summed E-state index contributed by atoms with van der Waals surface area (Å²) >= 11 is 0. The summed E-state index contributed by atoms with van der Waals surface area (Å²) in [6.07, 6.45) is -1.65. The lowest BCUT2D eigenvalue weighted by Crippen LogP contribution is -2.29. The predicted molar refractivity (Wildman–Crippen MR) is 67.8 cm³/mol. The first-order valence-corrected chi connectivity index (χ1v) is 5.88. The normalized spacial score (nSPS) is 12.3. The number of hydrogen-bond acceptors (Lipinski definition) is 5. The van der Waals surface area contributed by atoms with Crippen LogP contribution in [-0.2, 0) is 4.74 Å². The van der Waals surface area contributed by atoms with Gasteiger partial charge in [-0.3, -0.25) is 4.79 Å². The molecule has 6 heteroatoms. The fraction of sp³-hybridized carbons (Fsp3) is 0.308. The van der Waals surface area contributed by atoms with Crippen molar-refractivity contribution in [3.05, 3.63) is 29.7 Å². The van der Waals surface area contributed by atoms with E-state index in [0.717, 1.165) is 5.56 Å². The number of benzene rings is 1. The summed E-state index contributed by atoms with van der Waals surface area (Å²) in [5.74, 6) is -0.566. The Morgan fingerprint density at radius 3 is 2.84 bits per heavy atom. The maximum Gasteiger partial charge on any atom is 0.405 e. The number of oxazole rings is 1. The molecular formula is C13H14N2O4.